The molecule has 0 bridgehead atoms. The summed E-state index contributed by atoms with van der Waals surface area (Å²) in [5.41, 5.74) is 1.27. The minimum atomic E-state index is -4.43. The van der Waals surface area contributed by atoms with Crippen LogP contribution in [0.4, 0.5) is 30.2 Å². The molecule has 0 spiro atoms. The highest BCUT2D eigenvalue weighted by Crippen LogP contribution is 2.30. The van der Waals surface area contributed by atoms with Crippen molar-refractivity contribution < 1.29 is 18.0 Å². The van der Waals surface area contributed by atoms with Gasteiger partial charge in [-0.1, -0.05) is 6.07 Å². The fourth-order valence-corrected chi connectivity index (χ4v) is 2.93. The highest BCUT2D eigenvalue weighted by Gasteiger charge is 2.30. The van der Waals surface area contributed by atoms with Crippen molar-refractivity contribution >= 4 is 23.0 Å². The van der Waals surface area contributed by atoms with Crippen LogP contribution in [0.3, 0.4) is 0 Å². The van der Waals surface area contributed by atoms with E-state index in [2.05, 4.69) is 15.5 Å². The van der Waals surface area contributed by atoms with Gasteiger partial charge in [0.1, 0.15) is 0 Å². The molecule has 2 aromatic carbocycles. The Morgan fingerprint density at radius 1 is 1.00 bits per heavy atom. The number of hydrogen-bond donors (Lipinski definition) is 2. The zero-order valence-corrected chi connectivity index (χ0v) is 14.1. The zero-order chi connectivity index (χ0) is 18.6. The van der Waals surface area contributed by atoms with Gasteiger partial charge in [-0.25, -0.2) is 0 Å². The summed E-state index contributed by atoms with van der Waals surface area (Å²) < 4.78 is 38.1. The Balaban J connectivity index is 1.52. The van der Waals surface area contributed by atoms with Gasteiger partial charge in [0.15, 0.2) is 0 Å². The average Bonchev–Trinajstić information content (AvgIpc) is 3.14. The molecular formula is C19H20F3N3O. The molecule has 0 saturated carbocycles. The Morgan fingerprint density at radius 3 is 2.35 bits per heavy atom. The van der Waals surface area contributed by atoms with E-state index in [1.54, 1.807) is 0 Å². The number of rotatable bonds is 5. The second-order valence-corrected chi connectivity index (χ2v) is 6.22. The molecule has 0 aromatic heterocycles. The van der Waals surface area contributed by atoms with Crippen LogP contribution >= 0.6 is 0 Å². The number of nitrogens with zero attached hydrogens (tertiary/aromatic N) is 1. The molecule has 3 rings (SSSR count). The van der Waals surface area contributed by atoms with Crippen molar-refractivity contribution in [1.82, 2.24) is 0 Å². The molecule has 0 radical (unpaired) electrons. The minimum absolute atomic E-state index is 0.0285. The first-order valence-corrected chi connectivity index (χ1v) is 8.48. The van der Waals surface area contributed by atoms with E-state index in [0.29, 0.717) is 0 Å². The third kappa shape index (κ3) is 4.68. The predicted molar refractivity (Wildman–Crippen MR) is 96.5 cm³/mol. The Hall–Kier alpha value is -2.70. The summed E-state index contributed by atoms with van der Waals surface area (Å²) in [7, 11) is 0. The summed E-state index contributed by atoms with van der Waals surface area (Å²) >= 11 is 0. The first kappa shape index (κ1) is 18.1. The number of carbonyl (C=O) groups excluding carboxylic acids is 1. The van der Waals surface area contributed by atoms with Crippen molar-refractivity contribution in [2.45, 2.75) is 19.0 Å². The Labute approximate surface area is 150 Å². The van der Waals surface area contributed by atoms with Crippen LogP contribution in [0.15, 0.2) is 48.5 Å². The Bertz CT molecular complexity index is 753. The second kappa shape index (κ2) is 7.68. The molecule has 1 heterocycles. The fraction of sp³-hybridized carbons (Fsp3) is 0.316. The largest absolute Gasteiger partial charge is 0.416 e. The first-order chi connectivity index (χ1) is 12.4. The topological polar surface area (TPSA) is 44.4 Å². The standard InChI is InChI=1S/C19H20F3N3O/c20-19(21,22)14-4-3-5-16(12-14)24-18(26)13-23-15-6-8-17(9-7-15)25-10-1-2-11-25/h3-9,12,23H,1-2,10-11,13H2,(H,24,26). The average molecular weight is 363 g/mol. The highest BCUT2D eigenvalue weighted by molar-refractivity contribution is 5.93. The molecule has 138 valence electrons. The molecule has 2 N–H and O–H groups in total. The molecule has 4 nitrogen and oxygen atoms in total. The number of carbonyl (C=O) groups is 1. The summed E-state index contributed by atoms with van der Waals surface area (Å²) in [4.78, 5) is 14.3. The highest BCUT2D eigenvalue weighted by atomic mass is 19.4. The summed E-state index contributed by atoms with van der Waals surface area (Å²) in [6.07, 6.45) is -2.03. The van der Waals surface area contributed by atoms with E-state index in [1.807, 2.05) is 24.3 Å². The number of halogens is 3. The van der Waals surface area contributed by atoms with Crippen LogP contribution in [-0.2, 0) is 11.0 Å². The molecule has 1 aliphatic heterocycles. The maximum atomic E-state index is 12.7. The molecule has 7 heteroatoms. The van der Waals surface area contributed by atoms with Gasteiger partial charge in [-0.15, -0.1) is 0 Å². The van der Waals surface area contributed by atoms with Crippen LogP contribution in [-0.4, -0.2) is 25.5 Å². The molecule has 0 aliphatic carbocycles. The summed E-state index contributed by atoms with van der Waals surface area (Å²) in [5, 5.41) is 5.45. The van der Waals surface area contributed by atoms with Crippen LogP contribution < -0.4 is 15.5 Å². The van der Waals surface area contributed by atoms with Crippen molar-refractivity contribution in [3.05, 3.63) is 54.1 Å². The van der Waals surface area contributed by atoms with Crippen LogP contribution in [0.25, 0.3) is 0 Å². The third-order valence-electron chi connectivity index (χ3n) is 4.27. The first-order valence-electron chi connectivity index (χ1n) is 8.48. The van der Waals surface area contributed by atoms with Gasteiger partial charge in [-0.2, -0.15) is 13.2 Å². The van der Waals surface area contributed by atoms with Crippen molar-refractivity contribution in [2.24, 2.45) is 0 Å². The second-order valence-electron chi connectivity index (χ2n) is 6.22. The minimum Gasteiger partial charge on any atom is -0.376 e. The van der Waals surface area contributed by atoms with Gasteiger partial charge >= 0.3 is 6.18 Å². The van der Waals surface area contributed by atoms with E-state index < -0.39 is 17.6 Å². The number of anilines is 3. The lowest BCUT2D eigenvalue weighted by molar-refractivity contribution is -0.137. The molecule has 26 heavy (non-hydrogen) atoms. The molecule has 0 atom stereocenters. The van der Waals surface area contributed by atoms with Crippen LogP contribution in [0.5, 0.6) is 0 Å². The molecular weight excluding hydrogens is 343 g/mol. The SMILES string of the molecule is O=C(CNc1ccc(N2CCCC2)cc1)Nc1cccc(C(F)(F)F)c1. The maximum absolute atomic E-state index is 12.7. The van der Waals surface area contributed by atoms with Crippen LogP contribution in [0, 0.1) is 0 Å². The third-order valence-corrected chi connectivity index (χ3v) is 4.27. The lowest BCUT2D eigenvalue weighted by Crippen LogP contribution is -2.22. The van der Waals surface area contributed by atoms with Gasteiger partial charge in [0.25, 0.3) is 0 Å². The molecule has 1 fully saturated rings. The van der Waals surface area contributed by atoms with Crippen molar-refractivity contribution in [1.29, 1.82) is 0 Å². The van der Waals surface area contributed by atoms with Gasteiger partial charge in [0.05, 0.1) is 12.1 Å². The van der Waals surface area contributed by atoms with E-state index in [4.69, 9.17) is 0 Å². The Kier molecular flexibility index (Phi) is 5.35. The van der Waals surface area contributed by atoms with Crippen LogP contribution in [0.2, 0.25) is 0 Å². The summed E-state index contributed by atoms with van der Waals surface area (Å²) in [6.45, 7) is 2.09. The summed E-state index contributed by atoms with van der Waals surface area (Å²) in [5.74, 6) is -0.409. The van der Waals surface area contributed by atoms with Crippen LogP contribution in [0.1, 0.15) is 18.4 Å². The van der Waals surface area contributed by atoms with Gasteiger partial charge in [-0.05, 0) is 55.3 Å². The van der Waals surface area contributed by atoms with E-state index in [-0.39, 0.29) is 12.2 Å². The van der Waals surface area contributed by atoms with Gasteiger partial charge in [0.2, 0.25) is 5.91 Å². The van der Waals surface area contributed by atoms with E-state index >= 15 is 0 Å². The predicted octanol–water partition coefficient (Wildman–Crippen LogP) is 4.36. The molecule has 1 saturated heterocycles. The number of benzene rings is 2. The van der Waals surface area contributed by atoms with Gasteiger partial charge in [0, 0.05) is 30.2 Å². The smallest absolute Gasteiger partial charge is 0.376 e. The van der Waals surface area contributed by atoms with E-state index in [9.17, 15) is 18.0 Å². The van der Waals surface area contributed by atoms with E-state index in [0.717, 1.165) is 36.6 Å². The zero-order valence-electron chi connectivity index (χ0n) is 14.1. The number of nitrogens with one attached hydrogen (secondary N) is 2. The molecule has 0 unspecified atom stereocenters. The Morgan fingerprint density at radius 2 is 1.69 bits per heavy atom. The maximum Gasteiger partial charge on any atom is 0.416 e. The van der Waals surface area contributed by atoms with Crippen molar-refractivity contribution in [2.75, 3.05) is 35.2 Å². The number of amides is 1. The molecule has 1 amide bonds. The monoisotopic (exact) mass is 363 g/mol. The van der Waals surface area contributed by atoms with Crippen molar-refractivity contribution in [3.63, 3.8) is 0 Å². The van der Waals surface area contributed by atoms with Crippen molar-refractivity contribution in [3.8, 4) is 0 Å². The quantitative estimate of drug-likeness (QED) is 0.830. The fourth-order valence-electron chi connectivity index (χ4n) is 2.93. The number of hydrogen-bond acceptors (Lipinski definition) is 3. The normalized spacial score (nSPS) is 14.3. The molecule has 2 aromatic rings. The van der Waals surface area contributed by atoms with Gasteiger partial charge < -0.3 is 15.5 Å². The lowest BCUT2D eigenvalue weighted by Gasteiger charge is -2.18. The van der Waals surface area contributed by atoms with Gasteiger partial charge in [-0.3, -0.25) is 4.79 Å². The lowest BCUT2D eigenvalue weighted by atomic mass is 10.2. The molecule has 1 aliphatic rings. The number of alkyl halides is 3. The summed E-state index contributed by atoms with van der Waals surface area (Å²) in [6, 6.07) is 12.4. The van der Waals surface area contributed by atoms with E-state index in [1.165, 1.54) is 25.0 Å².